The first-order valence-electron chi connectivity index (χ1n) is 4.06. The van der Waals surface area contributed by atoms with Crippen LogP contribution >= 0.6 is 11.6 Å². The predicted molar refractivity (Wildman–Crippen MR) is 57.0 cm³/mol. The van der Waals surface area contributed by atoms with E-state index in [1.54, 1.807) is 4.72 Å². The Morgan fingerprint density at radius 1 is 1.41 bits per heavy atom. The molecular weight excluding hydrogens is 280 g/mol. The van der Waals surface area contributed by atoms with Crippen molar-refractivity contribution in [3.05, 3.63) is 28.8 Å². The Balaban J connectivity index is 3.10. The molecule has 0 spiro atoms. The van der Waals surface area contributed by atoms with Crippen LogP contribution in [0.1, 0.15) is 10.4 Å². The van der Waals surface area contributed by atoms with Gasteiger partial charge in [-0.05, 0) is 18.2 Å². The maximum atomic E-state index is 12.0. The third kappa shape index (κ3) is 3.27. The van der Waals surface area contributed by atoms with Gasteiger partial charge in [0.25, 0.3) is 10.0 Å². The number of sulfonamides is 1. The molecule has 1 aromatic carbocycles. The summed E-state index contributed by atoms with van der Waals surface area (Å²) in [6.07, 6.45) is 0. The van der Waals surface area contributed by atoms with Crippen molar-refractivity contribution in [1.29, 1.82) is 0 Å². The van der Waals surface area contributed by atoms with Gasteiger partial charge >= 0.3 is 11.7 Å². The number of rotatable bonds is 4. The van der Waals surface area contributed by atoms with Gasteiger partial charge in [-0.1, -0.05) is 11.6 Å². The minimum Gasteiger partial charge on any atom is -0.478 e. The topological polar surface area (TPSA) is 83.5 Å². The molecule has 0 unspecified atom stereocenters. The molecule has 1 aromatic rings. The molecule has 94 valence electrons. The molecule has 0 amide bonds. The molecule has 0 aliphatic rings. The molecule has 0 saturated heterocycles. The molecule has 0 aliphatic carbocycles. The van der Waals surface area contributed by atoms with Crippen molar-refractivity contribution >= 4 is 33.3 Å². The van der Waals surface area contributed by atoms with Crippen molar-refractivity contribution in [2.45, 2.75) is 5.76 Å². The number of anilines is 1. The zero-order valence-electron chi connectivity index (χ0n) is 8.02. The van der Waals surface area contributed by atoms with Crippen LogP contribution in [0.25, 0.3) is 0 Å². The van der Waals surface area contributed by atoms with E-state index in [0.717, 1.165) is 18.2 Å². The molecule has 0 heterocycles. The smallest absolute Gasteiger partial charge is 0.355 e. The second kappa shape index (κ2) is 4.84. The zero-order chi connectivity index (χ0) is 13.2. The first-order chi connectivity index (χ1) is 7.74. The Bertz CT molecular complexity index is 546. The predicted octanol–water partition coefficient (Wildman–Crippen LogP) is 2.00. The lowest BCUT2D eigenvalue weighted by molar-refractivity contribution is 0.0697. The van der Waals surface area contributed by atoms with Gasteiger partial charge < -0.3 is 5.11 Å². The van der Waals surface area contributed by atoms with E-state index in [1.165, 1.54) is 0 Å². The fourth-order valence-electron chi connectivity index (χ4n) is 0.961. The van der Waals surface area contributed by atoms with Gasteiger partial charge in [0.05, 0.1) is 10.6 Å². The summed E-state index contributed by atoms with van der Waals surface area (Å²) in [5.41, 5.74) is -0.687. The number of aromatic carboxylic acids is 1. The van der Waals surface area contributed by atoms with E-state index < -0.39 is 21.8 Å². The van der Waals surface area contributed by atoms with E-state index in [9.17, 15) is 22.0 Å². The maximum Gasteiger partial charge on any atom is 0.355 e. The van der Waals surface area contributed by atoms with E-state index >= 15 is 0 Å². The average molecular weight is 286 g/mol. The summed E-state index contributed by atoms with van der Waals surface area (Å²) < 4.78 is 47.3. The van der Waals surface area contributed by atoms with Crippen LogP contribution < -0.4 is 4.72 Å². The molecule has 0 atom stereocenters. The van der Waals surface area contributed by atoms with Crippen LogP contribution in [0.4, 0.5) is 14.5 Å². The highest BCUT2D eigenvalue weighted by molar-refractivity contribution is 7.93. The number of carboxylic acids is 1. The fraction of sp³-hybridized carbons (Fsp3) is 0.125. The van der Waals surface area contributed by atoms with Gasteiger partial charge in [0.1, 0.15) is 0 Å². The largest absolute Gasteiger partial charge is 0.478 e. The van der Waals surface area contributed by atoms with E-state index in [2.05, 4.69) is 0 Å². The normalized spacial score (nSPS) is 11.5. The highest BCUT2D eigenvalue weighted by Gasteiger charge is 2.24. The van der Waals surface area contributed by atoms with Crippen LogP contribution in [0.15, 0.2) is 18.2 Å². The minimum absolute atomic E-state index is 0.127. The van der Waals surface area contributed by atoms with Gasteiger partial charge in [-0.25, -0.2) is 13.2 Å². The molecule has 5 nitrogen and oxygen atoms in total. The first kappa shape index (κ1) is 13.7. The lowest BCUT2D eigenvalue weighted by atomic mass is 10.2. The van der Waals surface area contributed by atoms with Crippen LogP contribution in [-0.4, -0.2) is 25.3 Å². The third-order valence-corrected chi connectivity index (χ3v) is 3.01. The van der Waals surface area contributed by atoms with Gasteiger partial charge in [-0.15, -0.1) is 0 Å². The number of nitrogens with one attached hydrogen (secondary N) is 1. The second-order valence-electron chi connectivity index (χ2n) is 2.91. The minimum atomic E-state index is -4.83. The SMILES string of the molecule is O=C(O)c1cc(NS(=O)(=O)C(F)F)ccc1Cl. The van der Waals surface area contributed by atoms with Gasteiger partial charge in [-0.3, -0.25) is 4.72 Å². The summed E-state index contributed by atoms with van der Waals surface area (Å²) in [6, 6.07) is 3.02. The summed E-state index contributed by atoms with van der Waals surface area (Å²) in [7, 11) is -4.83. The Kier molecular flexibility index (Phi) is 3.89. The Hall–Kier alpha value is -1.41. The molecule has 0 bridgehead atoms. The summed E-state index contributed by atoms with van der Waals surface area (Å²) in [5.74, 6) is -5.00. The van der Waals surface area contributed by atoms with Crippen molar-refractivity contribution in [2.75, 3.05) is 4.72 Å². The number of halogens is 3. The summed E-state index contributed by atoms with van der Waals surface area (Å²) >= 11 is 5.52. The Morgan fingerprint density at radius 2 is 2.00 bits per heavy atom. The van der Waals surface area contributed by atoms with Crippen LogP contribution in [0.3, 0.4) is 0 Å². The standard InChI is InChI=1S/C8H6ClF2NO4S/c9-6-2-1-4(3-5(6)7(13)14)12-17(15,16)8(10)11/h1-3,8,12H,(H,13,14). The van der Waals surface area contributed by atoms with Crippen molar-refractivity contribution in [2.24, 2.45) is 0 Å². The molecule has 2 N–H and O–H groups in total. The number of hydrogen-bond acceptors (Lipinski definition) is 3. The number of hydrogen-bond donors (Lipinski definition) is 2. The maximum absolute atomic E-state index is 12.0. The Labute approximate surface area is 100 Å². The molecule has 0 aromatic heterocycles. The molecule has 0 fully saturated rings. The van der Waals surface area contributed by atoms with Crippen molar-refractivity contribution in [1.82, 2.24) is 0 Å². The van der Waals surface area contributed by atoms with Gasteiger partial charge in [-0.2, -0.15) is 8.78 Å². The van der Waals surface area contributed by atoms with Crippen molar-refractivity contribution in [3.63, 3.8) is 0 Å². The first-order valence-corrected chi connectivity index (χ1v) is 5.99. The van der Waals surface area contributed by atoms with E-state index in [4.69, 9.17) is 16.7 Å². The van der Waals surface area contributed by atoms with Gasteiger partial charge in [0.15, 0.2) is 0 Å². The molecule has 0 aliphatic heterocycles. The average Bonchev–Trinajstić information content (AvgIpc) is 2.20. The van der Waals surface area contributed by atoms with Crippen LogP contribution in [0.2, 0.25) is 5.02 Å². The monoisotopic (exact) mass is 285 g/mol. The van der Waals surface area contributed by atoms with E-state index in [0.29, 0.717) is 0 Å². The molecule has 0 radical (unpaired) electrons. The lowest BCUT2D eigenvalue weighted by Crippen LogP contribution is -2.20. The number of carboxylic acid groups (broad SMARTS) is 1. The zero-order valence-corrected chi connectivity index (χ0v) is 9.60. The molecule has 9 heteroatoms. The highest BCUT2D eigenvalue weighted by atomic mass is 35.5. The van der Waals surface area contributed by atoms with Crippen LogP contribution in [0, 0.1) is 0 Å². The number of benzene rings is 1. The lowest BCUT2D eigenvalue weighted by Gasteiger charge is -2.08. The number of carbonyl (C=O) groups is 1. The highest BCUT2D eigenvalue weighted by Crippen LogP contribution is 2.22. The second-order valence-corrected chi connectivity index (χ2v) is 4.97. The van der Waals surface area contributed by atoms with Crippen molar-refractivity contribution in [3.8, 4) is 0 Å². The van der Waals surface area contributed by atoms with E-state index in [-0.39, 0.29) is 16.3 Å². The molecule has 1 rings (SSSR count). The summed E-state index contributed by atoms with van der Waals surface area (Å²) in [6.45, 7) is 0. The molecular formula is C8H6ClF2NO4S. The molecule has 0 saturated carbocycles. The van der Waals surface area contributed by atoms with E-state index in [1.807, 2.05) is 0 Å². The van der Waals surface area contributed by atoms with Gasteiger partial charge in [0.2, 0.25) is 0 Å². The fourth-order valence-corrected chi connectivity index (χ4v) is 1.70. The van der Waals surface area contributed by atoms with Gasteiger partial charge in [0, 0.05) is 5.69 Å². The van der Waals surface area contributed by atoms with Crippen molar-refractivity contribution < 1.29 is 27.1 Å². The quantitative estimate of drug-likeness (QED) is 0.886. The third-order valence-electron chi connectivity index (χ3n) is 1.69. The molecule has 17 heavy (non-hydrogen) atoms. The summed E-state index contributed by atoms with van der Waals surface area (Å²) in [5, 5.41) is 8.56. The van der Waals surface area contributed by atoms with Crippen LogP contribution in [-0.2, 0) is 10.0 Å². The van der Waals surface area contributed by atoms with Crippen LogP contribution in [0.5, 0.6) is 0 Å². The Morgan fingerprint density at radius 3 is 2.47 bits per heavy atom. The number of alkyl halides is 2. The summed E-state index contributed by atoms with van der Waals surface area (Å²) in [4.78, 5) is 10.7.